The van der Waals surface area contributed by atoms with E-state index in [2.05, 4.69) is 15.5 Å². The van der Waals surface area contributed by atoms with E-state index in [1.807, 2.05) is 37.3 Å². The van der Waals surface area contributed by atoms with E-state index in [4.69, 9.17) is 13.6 Å². The number of hydrogen-bond acceptors (Lipinski definition) is 7. The van der Waals surface area contributed by atoms with Crippen molar-refractivity contribution in [2.45, 2.75) is 31.2 Å². The highest BCUT2D eigenvalue weighted by Crippen LogP contribution is 2.26. The van der Waals surface area contributed by atoms with Crippen LogP contribution >= 0.6 is 11.8 Å². The lowest BCUT2D eigenvalue weighted by atomic mass is 10.2. The summed E-state index contributed by atoms with van der Waals surface area (Å²) in [5.41, 5.74) is 0.776. The summed E-state index contributed by atoms with van der Waals surface area (Å²) in [5, 5.41) is 11.9. The molecule has 1 amide bonds. The van der Waals surface area contributed by atoms with Gasteiger partial charge in [0.1, 0.15) is 11.3 Å². The van der Waals surface area contributed by atoms with Crippen LogP contribution in [0.3, 0.4) is 0 Å². The molecule has 160 valence electrons. The molecule has 0 spiro atoms. The van der Waals surface area contributed by atoms with Crippen LogP contribution in [-0.2, 0) is 4.79 Å². The van der Waals surface area contributed by atoms with E-state index >= 15 is 0 Å². The van der Waals surface area contributed by atoms with Gasteiger partial charge in [0, 0.05) is 5.39 Å². The highest BCUT2D eigenvalue weighted by molar-refractivity contribution is 7.99. The largest absolute Gasteiger partial charge is 0.478 e. The molecule has 0 aliphatic carbocycles. The summed E-state index contributed by atoms with van der Waals surface area (Å²) in [6.07, 6.45) is -0.638. The molecule has 4 aromatic rings. The molecule has 2 aromatic heterocycles. The van der Waals surface area contributed by atoms with Crippen molar-refractivity contribution in [3.8, 4) is 5.75 Å². The van der Waals surface area contributed by atoms with Gasteiger partial charge in [0.2, 0.25) is 5.91 Å². The van der Waals surface area contributed by atoms with Gasteiger partial charge in [0.25, 0.3) is 11.1 Å². The van der Waals surface area contributed by atoms with E-state index in [1.165, 1.54) is 12.1 Å². The van der Waals surface area contributed by atoms with E-state index in [9.17, 15) is 9.18 Å². The second-order valence-corrected chi connectivity index (χ2v) is 7.79. The summed E-state index contributed by atoms with van der Waals surface area (Å²) in [5.74, 6) is 0.392. The maximum atomic E-state index is 13.7. The molecule has 0 saturated heterocycles. The van der Waals surface area contributed by atoms with Crippen LogP contribution in [0, 0.1) is 5.82 Å². The maximum Gasteiger partial charge on any atom is 0.277 e. The number of amides is 1. The minimum absolute atomic E-state index is 0.0920. The van der Waals surface area contributed by atoms with Crippen molar-refractivity contribution < 1.29 is 22.8 Å². The quantitative estimate of drug-likeness (QED) is 0.382. The summed E-state index contributed by atoms with van der Waals surface area (Å²) in [7, 11) is 0. The smallest absolute Gasteiger partial charge is 0.277 e. The van der Waals surface area contributed by atoms with Crippen molar-refractivity contribution in [2.75, 3.05) is 5.75 Å². The highest BCUT2D eigenvalue weighted by Gasteiger charge is 2.19. The Morgan fingerprint density at radius 3 is 2.71 bits per heavy atom. The summed E-state index contributed by atoms with van der Waals surface area (Å²) in [4.78, 5) is 12.3. The molecule has 0 saturated carbocycles. The van der Waals surface area contributed by atoms with Crippen molar-refractivity contribution >= 4 is 28.6 Å². The summed E-state index contributed by atoms with van der Waals surface area (Å²) >= 11 is 1.11. The van der Waals surface area contributed by atoms with E-state index in [0.717, 1.165) is 22.7 Å². The van der Waals surface area contributed by atoms with Crippen LogP contribution in [0.4, 0.5) is 4.39 Å². The fourth-order valence-electron chi connectivity index (χ4n) is 2.92. The summed E-state index contributed by atoms with van der Waals surface area (Å²) in [6, 6.07) is 15.4. The lowest BCUT2D eigenvalue weighted by Crippen LogP contribution is -2.27. The zero-order valence-corrected chi connectivity index (χ0v) is 17.7. The van der Waals surface area contributed by atoms with Gasteiger partial charge in [-0.2, -0.15) is 0 Å². The monoisotopic (exact) mass is 441 g/mol. The molecular formula is C22H20FN3O4S. The summed E-state index contributed by atoms with van der Waals surface area (Å²) < 4.78 is 30.6. The molecule has 0 unspecified atom stereocenters. The molecule has 31 heavy (non-hydrogen) atoms. The number of thioether (sulfide) groups is 1. The molecule has 0 aliphatic rings. The molecule has 2 aromatic carbocycles. The first-order valence-corrected chi connectivity index (χ1v) is 10.6. The Morgan fingerprint density at radius 2 is 1.90 bits per heavy atom. The fraction of sp³-hybridized carbons (Fsp3) is 0.227. The Bertz CT molecular complexity index is 1160. The number of carbonyl (C=O) groups excluding carboxylic acids is 1. The van der Waals surface area contributed by atoms with Crippen LogP contribution in [0.2, 0.25) is 0 Å². The molecule has 0 aliphatic heterocycles. The first-order chi connectivity index (χ1) is 15.0. The molecule has 1 N–H and O–H groups in total. The average molecular weight is 441 g/mol. The van der Waals surface area contributed by atoms with Crippen molar-refractivity contribution in [2.24, 2.45) is 0 Å². The van der Waals surface area contributed by atoms with Crippen LogP contribution in [0.25, 0.3) is 11.0 Å². The third kappa shape index (κ3) is 5.05. The standard InChI is InChI=1S/C22H20FN3O4S/c1-13(19-11-15-7-3-5-9-17(15)29-19)24-20(27)12-31-22-26-25-21(30-22)14(2)28-18-10-6-4-8-16(18)23/h3-11,13-14H,12H2,1-2H3,(H,24,27)/t13-,14-/m0/s1. The van der Waals surface area contributed by atoms with Crippen molar-refractivity contribution in [1.82, 2.24) is 15.5 Å². The van der Waals surface area contributed by atoms with Crippen molar-refractivity contribution in [1.29, 1.82) is 0 Å². The van der Waals surface area contributed by atoms with Crippen molar-refractivity contribution in [3.05, 3.63) is 72.1 Å². The van der Waals surface area contributed by atoms with Gasteiger partial charge in [-0.05, 0) is 38.1 Å². The van der Waals surface area contributed by atoms with Gasteiger partial charge >= 0.3 is 0 Å². The third-order valence-electron chi connectivity index (χ3n) is 4.49. The molecular weight excluding hydrogens is 421 g/mol. The topological polar surface area (TPSA) is 90.4 Å². The number of aromatic nitrogens is 2. The number of nitrogens with one attached hydrogen (secondary N) is 1. The lowest BCUT2D eigenvalue weighted by molar-refractivity contribution is -0.119. The minimum atomic E-state index is -0.638. The Morgan fingerprint density at radius 1 is 1.13 bits per heavy atom. The van der Waals surface area contributed by atoms with Gasteiger partial charge in [-0.3, -0.25) is 4.79 Å². The number of halogens is 1. The Hall–Kier alpha value is -3.33. The Labute approximate surface area is 182 Å². The third-order valence-corrected chi connectivity index (χ3v) is 5.30. The predicted molar refractivity (Wildman–Crippen MR) is 113 cm³/mol. The molecule has 2 heterocycles. The van der Waals surface area contributed by atoms with Crippen LogP contribution in [-0.4, -0.2) is 21.9 Å². The SMILES string of the molecule is C[C@H](NC(=O)CSc1nnc([C@H](C)Oc2ccccc2F)o1)c1cc2ccccc2o1. The zero-order valence-electron chi connectivity index (χ0n) is 16.9. The maximum absolute atomic E-state index is 13.7. The molecule has 0 radical (unpaired) electrons. The predicted octanol–water partition coefficient (Wildman–Crippen LogP) is 5.06. The lowest BCUT2D eigenvalue weighted by Gasteiger charge is -2.11. The first-order valence-electron chi connectivity index (χ1n) is 9.65. The van der Waals surface area contributed by atoms with Crippen LogP contribution in [0.5, 0.6) is 5.75 Å². The number of rotatable bonds is 8. The normalized spacial score (nSPS) is 13.1. The second kappa shape index (κ2) is 9.22. The fourth-order valence-corrected chi connectivity index (χ4v) is 3.50. The van der Waals surface area contributed by atoms with Gasteiger partial charge in [-0.25, -0.2) is 4.39 Å². The van der Waals surface area contributed by atoms with Gasteiger partial charge in [0.15, 0.2) is 17.7 Å². The molecule has 9 heteroatoms. The number of furan rings is 1. The average Bonchev–Trinajstić information content (AvgIpc) is 3.41. The minimum Gasteiger partial charge on any atom is -0.478 e. The number of para-hydroxylation sites is 2. The molecule has 7 nitrogen and oxygen atoms in total. The number of benzene rings is 2. The molecule has 0 fully saturated rings. The van der Waals surface area contributed by atoms with Crippen LogP contribution in [0.15, 0.2) is 68.7 Å². The number of hydrogen-bond donors (Lipinski definition) is 1. The second-order valence-electron chi connectivity index (χ2n) is 6.86. The van der Waals surface area contributed by atoms with E-state index < -0.39 is 11.9 Å². The number of ether oxygens (including phenoxy) is 1. The van der Waals surface area contributed by atoms with Gasteiger partial charge in [-0.1, -0.05) is 42.1 Å². The Kier molecular flexibility index (Phi) is 6.22. The van der Waals surface area contributed by atoms with Crippen molar-refractivity contribution in [3.63, 3.8) is 0 Å². The first kappa shape index (κ1) is 20.9. The van der Waals surface area contributed by atoms with E-state index in [0.29, 0.717) is 5.76 Å². The summed E-state index contributed by atoms with van der Waals surface area (Å²) in [6.45, 7) is 3.53. The van der Waals surface area contributed by atoms with E-state index in [-0.39, 0.29) is 34.6 Å². The highest BCUT2D eigenvalue weighted by atomic mass is 32.2. The van der Waals surface area contributed by atoms with Crippen LogP contribution in [0.1, 0.15) is 37.6 Å². The molecule has 0 bridgehead atoms. The van der Waals surface area contributed by atoms with Gasteiger partial charge in [0.05, 0.1) is 11.8 Å². The number of nitrogens with zero attached hydrogens (tertiary/aromatic N) is 2. The van der Waals surface area contributed by atoms with E-state index in [1.54, 1.807) is 19.1 Å². The molecule has 4 rings (SSSR count). The Balaban J connectivity index is 1.29. The van der Waals surface area contributed by atoms with Crippen LogP contribution < -0.4 is 10.1 Å². The van der Waals surface area contributed by atoms with Gasteiger partial charge in [-0.15, -0.1) is 10.2 Å². The zero-order chi connectivity index (χ0) is 21.8. The number of fused-ring (bicyclic) bond motifs is 1. The number of carbonyl (C=O) groups is 1. The molecule has 2 atom stereocenters. The van der Waals surface area contributed by atoms with Gasteiger partial charge < -0.3 is 18.9 Å².